The van der Waals surface area contributed by atoms with Gasteiger partial charge in [-0.2, -0.15) is 0 Å². The number of benzene rings is 2. The van der Waals surface area contributed by atoms with E-state index in [4.69, 9.17) is 14.4 Å². The van der Waals surface area contributed by atoms with Gasteiger partial charge in [-0.05, 0) is 50.1 Å². The van der Waals surface area contributed by atoms with Gasteiger partial charge in [0.05, 0.1) is 16.6 Å². The molecule has 0 aliphatic carbocycles. The van der Waals surface area contributed by atoms with Crippen LogP contribution in [0.15, 0.2) is 52.9 Å². The zero-order valence-electron chi connectivity index (χ0n) is 15.4. The van der Waals surface area contributed by atoms with Gasteiger partial charge in [0.15, 0.2) is 11.6 Å². The first-order valence-corrected chi connectivity index (χ1v) is 9.41. The van der Waals surface area contributed by atoms with Gasteiger partial charge in [0.1, 0.15) is 11.3 Å². The predicted molar refractivity (Wildman–Crippen MR) is 108 cm³/mol. The molecule has 6 heteroatoms. The molecule has 140 valence electrons. The highest BCUT2D eigenvalue weighted by Gasteiger charge is 2.27. The van der Waals surface area contributed by atoms with Gasteiger partial charge in [-0.3, -0.25) is 0 Å². The minimum atomic E-state index is -0.971. The number of nitrogens with zero attached hydrogens (tertiary/aromatic N) is 3. The van der Waals surface area contributed by atoms with Crippen LogP contribution in [0, 0.1) is 0 Å². The SMILES string of the molecule is CC1CCCN1c1nc2cc(C(=O)O)ccc2nc1-c1cc2ccccc2o1. The van der Waals surface area contributed by atoms with Crippen molar-refractivity contribution in [2.45, 2.75) is 25.8 Å². The lowest BCUT2D eigenvalue weighted by Crippen LogP contribution is -2.28. The van der Waals surface area contributed by atoms with Crippen LogP contribution in [0.4, 0.5) is 5.82 Å². The van der Waals surface area contributed by atoms with Crippen molar-refractivity contribution in [1.82, 2.24) is 9.97 Å². The van der Waals surface area contributed by atoms with E-state index in [0.29, 0.717) is 28.5 Å². The molecular weight excluding hydrogens is 354 g/mol. The molecule has 2 aromatic carbocycles. The molecule has 1 atom stereocenters. The van der Waals surface area contributed by atoms with Crippen LogP contribution in [0.25, 0.3) is 33.5 Å². The maximum atomic E-state index is 11.4. The Hall–Kier alpha value is -3.41. The summed E-state index contributed by atoms with van der Waals surface area (Å²) in [5.74, 6) is 0.451. The Labute approximate surface area is 161 Å². The lowest BCUT2D eigenvalue weighted by molar-refractivity contribution is 0.0697. The summed E-state index contributed by atoms with van der Waals surface area (Å²) >= 11 is 0. The van der Waals surface area contributed by atoms with Crippen LogP contribution < -0.4 is 4.90 Å². The number of carboxylic acid groups (broad SMARTS) is 1. The molecule has 0 bridgehead atoms. The summed E-state index contributed by atoms with van der Waals surface area (Å²) in [5.41, 5.74) is 2.94. The van der Waals surface area contributed by atoms with Crippen molar-refractivity contribution in [2.24, 2.45) is 0 Å². The van der Waals surface area contributed by atoms with Crippen molar-refractivity contribution in [3.8, 4) is 11.5 Å². The smallest absolute Gasteiger partial charge is 0.335 e. The van der Waals surface area contributed by atoms with Crippen LogP contribution in [0.3, 0.4) is 0 Å². The summed E-state index contributed by atoms with van der Waals surface area (Å²) in [5, 5.41) is 10.3. The fourth-order valence-electron chi connectivity index (χ4n) is 3.89. The number of aromatic carboxylic acids is 1. The predicted octanol–water partition coefficient (Wildman–Crippen LogP) is 4.73. The number of rotatable bonds is 3. The lowest BCUT2D eigenvalue weighted by Gasteiger charge is -2.24. The molecular formula is C22H19N3O3. The number of carbonyl (C=O) groups is 1. The monoisotopic (exact) mass is 373 g/mol. The quantitative estimate of drug-likeness (QED) is 0.559. The average molecular weight is 373 g/mol. The largest absolute Gasteiger partial charge is 0.478 e. The molecule has 28 heavy (non-hydrogen) atoms. The number of aromatic nitrogens is 2. The number of anilines is 1. The molecule has 1 fully saturated rings. The molecule has 1 unspecified atom stereocenters. The summed E-state index contributed by atoms with van der Waals surface area (Å²) in [6, 6.07) is 15.0. The number of furan rings is 1. The van der Waals surface area contributed by atoms with E-state index in [1.54, 1.807) is 18.2 Å². The van der Waals surface area contributed by atoms with Gasteiger partial charge < -0.3 is 14.4 Å². The van der Waals surface area contributed by atoms with Crippen molar-refractivity contribution in [1.29, 1.82) is 0 Å². The highest BCUT2D eigenvalue weighted by atomic mass is 16.4. The molecule has 5 rings (SSSR count). The van der Waals surface area contributed by atoms with E-state index in [-0.39, 0.29) is 5.56 Å². The molecule has 0 saturated carbocycles. The zero-order chi connectivity index (χ0) is 19.3. The van der Waals surface area contributed by atoms with Crippen LogP contribution in [0.1, 0.15) is 30.1 Å². The molecule has 1 N–H and O–H groups in total. The summed E-state index contributed by atoms with van der Waals surface area (Å²) < 4.78 is 6.08. The van der Waals surface area contributed by atoms with E-state index < -0.39 is 5.97 Å². The molecule has 6 nitrogen and oxygen atoms in total. The molecule has 0 amide bonds. The van der Waals surface area contributed by atoms with Crippen LogP contribution >= 0.6 is 0 Å². The molecule has 1 saturated heterocycles. The number of hydrogen-bond acceptors (Lipinski definition) is 5. The fourth-order valence-corrected chi connectivity index (χ4v) is 3.89. The minimum absolute atomic E-state index is 0.207. The van der Waals surface area contributed by atoms with Gasteiger partial charge in [-0.15, -0.1) is 0 Å². The Kier molecular flexibility index (Phi) is 3.79. The number of hydrogen-bond donors (Lipinski definition) is 1. The first-order valence-electron chi connectivity index (χ1n) is 9.41. The maximum absolute atomic E-state index is 11.4. The van der Waals surface area contributed by atoms with Gasteiger partial charge in [0.2, 0.25) is 0 Å². The maximum Gasteiger partial charge on any atom is 0.335 e. The van der Waals surface area contributed by atoms with Crippen LogP contribution in [-0.4, -0.2) is 33.6 Å². The molecule has 0 radical (unpaired) electrons. The second kappa shape index (κ2) is 6.34. The summed E-state index contributed by atoms with van der Waals surface area (Å²) in [7, 11) is 0. The summed E-state index contributed by atoms with van der Waals surface area (Å²) in [6.07, 6.45) is 2.18. The van der Waals surface area contributed by atoms with Crippen LogP contribution in [-0.2, 0) is 0 Å². The molecule has 1 aliphatic heterocycles. The van der Waals surface area contributed by atoms with Gasteiger partial charge in [0, 0.05) is 18.0 Å². The summed E-state index contributed by atoms with van der Waals surface area (Å²) in [4.78, 5) is 23.3. The van der Waals surface area contributed by atoms with E-state index in [1.807, 2.05) is 30.3 Å². The lowest BCUT2D eigenvalue weighted by atomic mass is 10.1. The number of fused-ring (bicyclic) bond motifs is 2. The topological polar surface area (TPSA) is 79.5 Å². The van der Waals surface area contributed by atoms with Gasteiger partial charge >= 0.3 is 5.97 Å². The second-order valence-electron chi connectivity index (χ2n) is 7.24. The van der Waals surface area contributed by atoms with E-state index in [0.717, 1.165) is 36.2 Å². The van der Waals surface area contributed by atoms with Crippen molar-refractivity contribution >= 4 is 33.8 Å². The Balaban J connectivity index is 1.75. The highest BCUT2D eigenvalue weighted by molar-refractivity contribution is 5.94. The van der Waals surface area contributed by atoms with E-state index in [1.165, 1.54) is 0 Å². The third-order valence-electron chi connectivity index (χ3n) is 5.38. The Morgan fingerprint density at radius 1 is 1.14 bits per heavy atom. The van der Waals surface area contributed by atoms with Crippen molar-refractivity contribution in [3.63, 3.8) is 0 Å². The third kappa shape index (κ3) is 2.69. The van der Waals surface area contributed by atoms with Gasteiger partial charge in [-0.1, -0.05) is 18.2 Å². The normalized spacial score (nSPS) is 16.9. The molecule has 0 spiro atoms. The zero-order valence-corrected chi connectivity index (χ0v) is 15.4. The van der Waals surface area contributed by atoms with Crippen LogP contribution in [0.5, 0.6) is 0 Å². The van der Waals surface area contributed by atoms with Crippen molar-refractivity contribution in [2.75, 3.05) is 11.4 Å². The highest BCUT2D eigenvalue weighted by Crippen LogP contribution is 2.36. The van der Waals surface area contributed by atoms with E-state index in [2.05, 4.69) is 11.8 Å². The molecule has 3 heterocycles. The van der Waals surface area contributed by atoms with Gasteiger partial charge in [-0.25, -0.2) is 14.8 Å². The van der Waals surface area contributed by atoms with Crippen molar-refractivity contribution in [3.05, 3.63) is 54.1 Å². The van der Waals surface area contributed by atoms with E-state index >= 15 is 0 Å². The summed E-state index contributed by atoms with van der Waals surface area (Å²) in [6.45, 7) is 3.07. The first-order chi connectivity index (χ1) is 13.6. The molecule has 2 aromatic heterocycles. The second-order valence-corrected chi connectivity index (χ2v) is 7.24. The van der Waals surface area contributed by atoms with Gasteiger partial charge in [0.25, 0.3) is 0 Å². The standard InChI is InChI=1S/C22H19N3O3/c1-13-5-4-10-25(13)21-20(19-12-14-6-2-3-7-18(14)28-19)23-16-9-8-15(22(26)27)11-17(16)24-21/h2-3,6-9,11-13H,4-5,10H2,1H3,(H,26,27). The minimum Gasteiger partial charge on any atom is -0.478 e. The van der Waals surface area contributed by atoms with E-state index in [9.17, 15) is 9.90 Å². The Morgan fingerprint density at radius 3 is 2.75 bits per heavy atom. The fraction of sp³-hybridized carbons (Fsp3) is 0.227. The molecule has 4 aromatic rings. The number of carboxylic acids is 1. The average Bonchev–Trinajstić information content (AvgIpc) is 3.32. The molecule has 1 aliphatic rings. The Bertz CT molecular complexity index is 1180. The third-order valence-corrected chi connectivity index (χ3v) is 5.38. The number of para-hydroxylation sites is 1. The van der Waals surface area contributed by atoms with Crippen LogP contribution in [0.2, 0.25) is 0 Å². The first kappa shape index (κ1) is 16.7. The Morgan fingerprint density at radius 2 is 2.00 bits per heavy atom. The van der Waals surface area contributed by atoms with Crippen molar-refractivity contribution < 1.29 is 14.3 Å².